The fourth-order valence-corrected chi connectivity index (χ4v) is 3.44. The molecule has 0 radical (unpaired) electrons. The van der Waals surface area contributed by atoms with Gasteiger partial charge >= 0.3 is 0 Å². The Kier molecular flexibility index (Phi) is 5.07. The van der Waals surface area contributed by atoms with Crippen molar-refractivity contribution in [1.82, 2.24) is 30.5 Å². The van der Waals surface area contributed by atoms with Crippen LogP contribution in [0.1, 0.15) is 24.4 Å². The Morgan fingerprint density at radius 2 is 2.00 bits per heavy atom. The molecule has 146 valence electrons. The van der Waals surface area contributed by atoms with E-state index in [9.17, 15) is 5.11 Å². The van der Waals surface area contributed by atoms with E-state index >= 15 is 0 Å². The predicted molar refractivity (Wildman–Crippen MR) is 107 cm³/mol. The summed E-state index contributed by atoms with van der Waals surface area (Å²) >= 11 is 0. The molecule has 0 amide bonds. The Morgan fingerprint density at radius 1 is 1.21 bits per heavy atom. The number of hydrogen-bond donors (Lipinski definition) is 4. The van der Waals surface area contributed by atoms with Crippen molar-refractivity contribution in [2.45, 2.75) is 32.4 Å². The fourth-order valence-electron chi connectivity index (χ4n) is 3.44. The zero-order chi connectivity index (χ0) is 19.5. The molecule has 3 heterocycles. The molecule has 3 aromatic rings. The number of aromatic hydroxyl groups is 1. The maximum Gasteiger partial charge on any atom is 0.239 e. The van der Waals surface area contributed by atoms with Crippen molar-refractivity contribution in [3.05, 3.63) is 41.9 Å². The molecule has 1 fully saturated rings. The SMILES string of the molecule is Cc1cc(N2CCC(NCc3nc(N)n[nH]3)CC2)nc(-c2ccccc2O)n1. The molecule has 5 N–H and O–H groups in total. The Bertz CT molecular complexity index is 949. The molecule has 9 nitrogen and oxygen atoms in total. The molecule has 1 aliphatic rings. The van der Waals surface area contributed by atoms with Gasteiger partial charge in [-0.25, -0.2) is 9.97 Å². The van der Waals surface area contributed by atoms with Gasteiger partial charge in [0.2, 0.25) is 5.95 Å². The molecule has 0 aliphatic carbocycles. The number of aromatic nitrogens is 5. The highest BCUT2D eigenvalue weighted by Gasteiger charge is 2.21. The lowest BCUT2D eigenvalue weighted by molar-refractivity contribution is 0.408. The second kappa shape index (κ2) is 7.81. The number of nitrogen functional groups attached to an aromatic ring is 1. The summed E-state index contributed by atoms with van der Waals surface area (Å²) in [6.45, 7) is 4.37. The zero-order valence-electron chi connectivity index (χ0n) is 15.8. The van der Waals surface area contributed by atoms with Gasteiger partial charge in [0.25, 0.3) is 0 Å². The number of aromatic amines is 1. The fraction of sp³-hybridized carbons (Fsp3) is 0.368. The normalized spacial score (nSPS) is 15.1. The first-order valence-corrected chi connectivity index (χ1v) is 9.37. The number of piperidine rings is 1. The van der Waals surface area contributed by atoms with Gasteiger partial charge in [-0.05, 0) is 31.9 Å². The van der Waals surface area contributed by atoms with Crippen LogP contribution in [0.2, 0.25) is 0 Å². The van der Waals surface area contributed by atoms with Crippen LogP contribution < -0.4 is 16.0 Å². The molecule has 4 rings (SSSR count). The van der Waals surface area contributed by atoms with Crippen LogP contribution in [0, 0.1) is 6.92 Å². The number of nitrogens with two attached hydrogens (primary N) is 1. The smallest absolute Gasteiger partial charge is 0.239 e. The number of benzene rings is 1. The maximum absolute atomic E-state index is 10.1. The Hall–Kier alpha value is -3.20. The zero-order valence-corrected chi connectivity index (χ0v) is 15.8. The predicted octanol–water partition coefficient (Wildman–Crippen LogP) is 1.62. The monoisotopic (exact) mass is 380 g/mol. The average molecular weight is 380 g/mol. The van der Waals surface area contributed by atoms with E-state index in [-0.39, 0.29) is 11.7 Å². The van der Waals surface area contributed by atoms with E-state index in [1.165, 1.54) is 0 Å². The standard InChI is InChI=1S/C19H24N8O/c1-12-10-17(24-18(22-12)14-4-2-3-5-15(14)28)27-8-6-13(7-9-27)21-11-16-23-19(20)26-25-16/h2-5,10,13,21,28H,6-9,11H2,1H3,(H3,20,23,25,26). The van der Waals surface area contributed by atoms with Crippen molar-refractivity contribution in [2.24, 2.45) is 0 Å². The minimum Gasteiger partial charge on any atom is -0.507 e. The van der Waals surface area contributed by atoms with Gasteiger partial charge < -0.3 is 21.1 Å². The van der Waals surface area contributed by atoms with Gasteiger partial charge in [-0.3, -0.25) is 5.10 Å². The lowest BCUT2D eigenvalue weighted by Crippen LogP contribution is -2.42. The van der Waals surface area contributed by atoms with E-state index in [0.29, 0.717) is 24.0 Å². The van der Waals surface area contributed by atoms with Gasteiger partial charge in [-0.15, -0.1) is 5.10 Å². The molecule has 28 heavy (non-hydrogen) atoms. The molecule has 0 spiro atoms. The van der Waals surface area contributed by atoms with Crippen LogP contribution in [0.3, 0.4) is 0 Å². The highest BCUT2D eigenvalue weighted by molar-refractivity contribution is 5.65. The van der Waals surface area contributed by atoms with Crippen LogP contribution in [0.5, 0.6) is 5.75 Å². The van der Waals surface area contributed by atoms with E-state index in [4.69, 9.17) is 10.7 Å². The number of rotatable bonds is 5. The van der Waals surface area contributed by atoms with Crippen LogP contribution in [0.15, 0.2) is 30.3 Å². The molecular weight excluding hydrogens is 356 g/mol. The van der Waals surface area contributed by atoms with Crippen molar-refractivity contribution in [3.8, 4) is 17.1 Å². The number of phenols is 1. The van der Waals surface area contributed by atoms with E-state index in [0.717, 1.165) is 43.3 Å². The van der Waals surface area contributed by atoms with Crippen molar-refractivity contribution in [2.75, 3.05) is 23.7 Å². The van der Waals surface area contributed by atoms with Crippen LogP contribution in [0.4, 0.5) is 11.8 Å². The first-order valence-electron chi connectivity index (χ1n) is 9.37. The highest BCUT2D eigenvalue weighted by atomic mass is 16.3. The van der Waals surface area contributed by atoms with Crippen LogP contribution in [0.25, 0.3) is 11.4 Å². The first-order chi connectivity index (χ1) is 13.6. The molecule has 1 aromatic carbocycles. The summed E-state index contributed by atoms with van der Waals surface area (Å²) in [5, 5.41) is 20.3. The van der Waals surface area contributed by atoms with Gasteiger partial charge in [0.05, 0.1) is 12.1 Å². The van der Waals surface area contributed by atoms with E-state index in [1.807, 2.05) is 25.1 Å². The van der Waals surface area contributed by atoms with Gasteiger partial charge in [-0.1, -0.05) is 12.1 Å². The Labute approximate surface area is 163 Å². The second-order valence-corrected chi connectivity index (χ2v) is 6.99. The molecule has 0 atom stereocenters. The van der Waals surface area contributed by atoms with Crippen LogP contribution in [-0.2, 0) is 6.54 Å². The molecule has 1 saturated heterocycles. The summed E-state index contributed by atoms with van der Waals surface area (Å²) in [6.07, 6.45) is 2.00. The largest absolute Gasteiger partial charge is 0.507 e. The molecule has 0 bridgehead atoms. The number of aryl methyl sites for hydroxylation is 1. The summed E-state index contributed by atoms with van der Waals surface area (Å²) in [6, 6.07) is 9.55. The lowest BCUT2D eigenvalue weighted by Gasteiger charge is -2.33. The number of para-hydroxylation sites is 1. The number of anilines is 2. The third-order valence-electron chi connectivity index (χ3n) is 4.91. The Balaban J connectivity index is 1.41. The number of nitrogens with one attached hydrogen (secondary N) is 2. The highest BCUT2D eigenvalue weighted by Crippen LogP contribution is 2.28. The molecule has 1 aliphatic heterocycles. The minimum atomic E-state index is 0.190. The third-order valence-corrected chi connectivity index (χ3v) is 4.91. The van der Waals surface area contributed by atoms with E-state index in [1.54, 1.807) is 12.1 Å². The van der Waals surface area contributed by atoms with Gasteiger partial charge in [0.1, 0.15) is 17.4 Å². The molecular formula is C19H24N8O. The van der Waals surface area contributed by atoms with Crippen molar-refractivity contribution in [3.63, 3.8) is 0 Å². The minimum absolute atomic E-state index is 0.190. The number of phenolic OH excluding ortho intramolecular Hbond substituents is 1. The quantitative estimate of drug-likeness (QED) is 0.525. The van der Waals surface area contributed by atoms with Crippen molar-refractivity contribution >= 4 is 11.8 Å². The van der Waals surface area contributed by atoms with Gasteiger partial charge in [-0.2, -0.15) is 4.98 Å². The summed E-state index contributed by atoms with van der Waals surface area (Å²) in [4.78, 5) is 15.6. The topological polar surface area (TPSA) is 129 Å². The van der Waals surface area contributed by atoms with Gasteiger partial charge in [0.15, 0.2) is 5.82 Å². The maximum atomic E-state index is 10.1. The van der Waals surface area contributed by atoms with Crippen LogP contribution in [-0.4, -0.2) is 49.4 Å². The van der Waals surface area contributed by atoms with E-state index in [2.05, 4.69) is 30.4 Å². The van der Waals surface area contributed by atoms with E-state index < -0.39 is 0 Å². The summed E-state index contributed by atoms with van der Waals surface area (Å²) in [5.74, 6) is 2.66. The summed E-state index contributed by atoms with van der Waals surface area (Å²) in [5.41, 5.74) is 7.06. The lowest BCUT2D eigenvalue weighted by atomic mass is 10.0. The average Bonchev–Trinajstić information content (AvgIpc) is 3.12. The number of H-pyrrole nitrogens is 1. The van der Waals surface area contributed by atoms with Gasteiger partial charge in [0, 0.05) is 30.9 Å². The first kappa shape index (κ1) is 18.2. The number of nitrogens with zero attached hydrogens (tertiary/aromatic N) is 5. The molecule has 2 aromatic heterocycles. The van der Waals surface area contributed by atoms with Crippen molar-refractivity contribution in [1.29, 1.82) is 0 Å². The molecule has 9 heteroatoms. The molecule has 0 saturated carbocycles. The van der Waals surface area contributed by atoms with Crippen LogP contribution >= 0.6 is 0 Å². The Morgan fingerprint density at radius 3 is 2.71 bits per heavy atom. The molecule has 0 unspecified atom stereocenters. The summed E-state index contributed by atoms with van der Waals surface area (Å²) in [7, 11) is 0. The third kappa shape index (κ3) is 4.04. The second-order valence-electron chi connectivity index (χ2n) is 6.99. The number of hydrogen-bond acceptors (Lipinski definition) is 8. The van der Waals surface area contributed by atoms with Crippen molar-refractivity contribution < 1.29 is 5.11 Å². The summed E-state index contributed by atoms with van der Waals surface area (Å²) < 4.78 is 0.